The van der Waals surface area contributed by atoms with Crippen molar-refractivity contribution in [3.8, 4) is 0 Å². The van der Waals surface area contributed by atoms with E-state index in [1.54, 1.807) is 7.11 Å². The van der Waals surface area contributed by atoms with E-state index >= 15 is 0 Å². The van der Waals surface area contributed by atoms with Gasteiger partial charge in [0.1, 0.15) is 0 Å². The summed E-state index contributed by atoms with van der Waals surface area (Å²) in [7, 11) is 1.75. The summed E-state index contributed by atoms with van der Waals surface area (Å²) in [6.45, 7) is 10.1. The zero-order valence-corrected chi connectivity index (χ0v) is 10.5. The number of ether oxygens (including phenoxy) is 1. The first-order valence-electron chi connectivity index (χ1n) is 6.17. The molecule has 0 aliphatic carbocycles. The number of nitrogens with one attached hydrogen (secondary N) is 1. The second-order valence-electron chi connectivity index (χ2n) is 4.79. The largest absolute Gasteiger partial charge is 0.383 e. The highest BCUT2D eigenvalue weighted by Gasteiger charge is 2.20. The van der Waals surface area contributed by atoms with E-state index in [-0.39, 0.29) is 0 Å². The molecule has 0 radical (unpaired) electrons. The molecule has 0 amide bonds. The first-order chi connectivity index (χ1) is 7.24. The average Bonchev–Trinajstić information content (AvgIpc) is 2.25. The highest BCUT2D eigenvalue weighted by atomic mass is 16.5. The molecule has 3 nitrogen and oxygen atoms in total. The van der Waals surface area contributed by atoms with Crippen molar-refractivity contribution in [2.45, 2.75) is 32.7 Å². The summed E-state index contributed by atoms with van der Waals surface area (Å²) >= 11 is 0. The fourth-order valence-electron chi connectivity index (χ4n) is 2.21. The minimum absolute atomic E-state index is 0.701. The number of piperidine rings is 1. The van der Waals surface area contributed by atoms with Crippen LogP contribution in [0.3, 0.4) is 0 Å². The number of hydrogen-bond donors (Lipinski definition) is 1. The maximum atomic E-state index is 5.02. The van der Waals surface area contributed by atoms with Crippen molar-refractivity contribution >= 4 is 0 Å². The lowest BCUT2D eigenvalue weighted by Crippen LogP contribution is -2.43. The Morgan fingerprint density at radius 1 is 1.47 bits per heavy atom. The van der Waals surface area contributed by atoms with E-state index in [0.29, 0.717) is 6.04 Å². The van der Waals surface area contributed by atoms with Gasteiger partial charge in [0.05, 0.1) is 6.61 Å². The summed E-state index contributed by atoms with van der Waals surface area (Å²) in [6, 6.07) is 0.701. The van der Waals surface area contributed by atoms with Crippen LogP contribution in [0.25, 0.3) is 0 Å². The molecular formula is C12H26N2O. The molecule has 0 spiro atoms. The molecule has 0 aromatic carbocycles. The Morgan fingerprint density at radius 3 is 2.93 bits per heavy atom. The third-order valence-corrected chi connectivity index (χ3v) is 3.20. The zero-order chi connectivity index (χ0) is 11.1. The van der Waals surface area contributed by atoms with Crippen LogP contribution in [0.5, 0.6) is 0 Å². The summed E-state index contributed by atoms with van der Waals surface area (Å²) in [5, 5.41) is 3.46. The lowest BCUT2D eigenvalue weighted by molar-refractivity contribution is 0.135. The van der Waals surface area contributed by atoms with Crippen molar-refractivity contribution in [3.05, 3.63) is 0 Å². The first kappa shape index (κ1) is 12.9. The van der Waals surface area contributed by atoms with Crippen molar-refractivity contribution in [3.63, 3.8) is 0 Å². The molecule has 90 valence electrons. The van der Waals surface area contributed by atoms with E-state index in [9.17, 15) is 0 Å². The van der Waals surface area contributed by atoms with Gasteiger partial charge in [0.25, 0.3) is 0 Å². The molecule has 1 saturated heterocycles. The van der Waals surface area contributed by atoms with E-state index in [0.717, 1.165) is 25.6 Å². The lowest BCUT2D eigenvalue weighted by atomic mass is 9.97. The van der Waals surface area contributed by atoms with Crippen LogP contribution in [0.4, 0.5) is 0 Å². The summed E-state index contributed by atoms with van der Waals surface area (Å²) in [6.07, 6.45) is 2.73. The molecule has 0 aromatic rings. The van der Waals surface area contributed by atoms with Crippen LogP contribution in [0.1, 0.15) is 26.7 Å². The smallest absolute Gasteiger partial charge is 0.0587 e. The average molecular weight is 214 g/mol. The van der Waals surface area contributed by atoms with Gasteiger partial charge in [-0.15, -0.1) is 0 Å². The van der Waals surface area contributed by atoms with Crippen LogP contribution < -0.4 is 5.32 Å². The molecule has 1 aliphatic rings. The number of methoxy groups -OCH3 is 1. The fraction of sp³-hybridized carbons (Fsp3) is 1.00. The number of nitrogens with zero attached hydrogens (tertiary/aromatic N) is 1. The Labute approximate surface area is 94.2 Å². The van der Waals surface area contributed by atoms with Gasteiger partial charge in [-0.3, -0.25) is 0 Å². The maximum absolute atomic E-state index is 5.02. The monoisotopic (exact) mass is 214 g/mol. The Balaban J connectivity index is 2.13. The van der Waals surface area contributed by atoms with Crippen LogP contribution in [0.15, 0.2) is 0 Å². The van der Waals surface area contributed by atoms with Crippen molar-refractivity contribution in [2.75, 3.05) is 39.9 Å². The minimum Gasteiger partial charge on any atom is -0.383 e. The molecule has 1 unspecified atom stereocenters. The number of likely N-dealkylation sites (tertiary alicyclic amines) is 1. The SMILES string of the molecule is COCCNCC1CCCN(C(C)C)C1. The van der Waals surface area contributed by atoms with Gasteiger partial charge >= 0.3 is 0 Å². The molecule has 1 N–H and O–H groups in total. The van der Waals surface area contributed by atoms with Crippen molar-refractivity contribution in [2.24, 2.45) is 5.92 Å². The van der Waals surface area contributed by atoms with Gasteiger partial charge in [-0.1, -0.05) is 0 Å². The van der Waals surface area contributed by atoms with Gasteiger partial charge in [-0.05, 0) is 45.7 Å². The van der Waals surface area contributed by atoms with Gasteiger partial charge in [-0.2, -0.15) is 0 Å². The standard InChI is InChI=1S/C12H26N2O/c1-11(2)14-7-4-5-12(10-14)9-13-6-8-15-3/h11-13H,4-10H2,1-3H3. The van der Waals surface area contributed by atoms with E-state index in [2.05, 4.69) is 24.1 Å². The van der Waals surface area contributed by atoms with Crippen LogP contribution >= 0.6 is 0 Å². The molecule has 1 rings (SSSR count). The molecule has 1 aliphatic heterocycles. The number of hydrogen-bond acceptors (Lipinski definition) is 3. The fourth-order valence-corrected chi connectivity index (χ4v) is 2.21. The Kier molecular flexibility index (Phi) is 6.22. The normalized spacial score (nSPS) is 23.6. The van der Waals surface area contributed by atoms with Gasteiger partial charge in [0.15, 0.2) is 0 Å². The molecule has 1 atom stereocenters. The van der Waals surface area contributed by atoms with E-state index in [1.165, 1.54) is 25.9 Å². The van der Waals surface area contributed by atoms with E-state index in [4.69, 9.17) is 4.74 Å². The predicted molar refractivity (Wildman–Crippen MR) is 64.2 cm³/mol. The molecular weight excluding hydrogens is 188 g/mol. The van der Waals surface area contributed by atoms with Crippen LogP contribution in [-0.2, 0) is 4.74 Å². The van der Waals surface area contributed by atoms with Gasteiger partial charge in [0.2, 0.25) is 0 Å². The molecule has 0 aromatic heterocycles. The molecule has 1 fully saturated rings. The zero-order valence-electron chi connectivity index (χ0n) is 10.5. The summed E-state index contributed by atoms with van der Waals surface area (Å²) < 4.78 is 5.02. The van der Waals surface area contributed by atoms with E-state index < -0.39 is 0 Å². The highest BCUT2D eigenvalue weighted by molar-refractivity contribution is 4.76. The maximum Gasteiger partial charge on any atom is 0.0587 e. The second kappa shape index (κ2) is 7.20. The second-order valence-corrected chi connectivity index (χ2v) is 4.79. The van der Waals surface area contributed by atoms with Crippen molar-refractivity contribution in [1.82, 2.24) is 10.2 Å². The summed E-state index contributed by atoms with van der Waals surface area (Å²) in [5.41, 5.74) is 0. The lowest BCUT2D eigenvalue weighted by Gasteiger charge is -2.35. The summed E-state index contributed by atoms with van der Waals surface area (Å²) in [4.78, 5) is 2.59. The quantitative estimate of drug-likeness (QED) is 0.675. The van der Waals surface area contributed by atoms with Gasteiger partial charge in [0, 0.05) is 26.2 Å². The topological polar surface area (TPSA) is 24.5 Å². The molecule has 1 heterocycles. The molecule has 3 heteroatoms. The predicted octanol–water partition coefficient (Wildman–Crippen LogP) is 1.34. The van der Waals surface area contributed by atoms with E-state index in [1.807, 2.05) is 0 Å². The van der Waals surface area contributed by atoms with Crippen molar-refractivity contribution in [1.29, 1.82) is 0 Å². The first-order valence-corrected chi connectivity index (χ1v) is 6.17. The third kappa shape index (κ3) is 4.96. The van der Waals surface area contributed by atoms with Gasteiger partial charge < -0.3 is 15.0 Å². The van der Waals surface area contributed by atoms with Crippen LogP contribution in [0, 0.1) is 5.92 Å². The van der Waals surface area contributed by atoms with Crippen LogP contribution in [0.2, 0.25) is 0 Å². The number of rotatable bonds is 6. The summed E-state index contributed by atoms with van der Waals surface area (Å²) in [5.74, 6) is 0.831. The Hall–Kier alpha value is -0.120. The Bertz CT molecular complexity index is 162. The molecule has 0 bridgehead atoms. The van der Waals surface area contributed by atoms with Gasteiger partial charge in [-0.25, -0.2) is 0 Å². The molecule has 0 saturated carbocycles. The minimum atomic E-state index is 0.701. The third-order valence-electron chi connectivity index (χ3n) is 3.20. The molecule has 15 heavy (non-hydrogen) atoms. The Morgan fingerprint density at radius 2 is 2.27 bits per heavy atom. The van der Waals surface area contributed by atoms with Crippen molar-refractivity contribution < 1.29 is 4.74 Å². The van der Waals surface area contributed by atoms with Crippen LogP contribution in [-0.4, -0.2) is 50.8 Å². The highest BCUT2D eigenvalue weighted by Crippen LogP contribution is 2.17.